The Morgan fingerprint density at radius 2 is 2.06 bits per heavy atom. The number of hydrogen-bond acceptors (Lipinski definition) is 7. The Morgan fingerprint density at radius 3 is 2.71 bits per heavy atom. The third-order valence-electron chi connectivity index (χ3n) is 6.18. The smallest absolute Gasteiger partial charge is 0.288 e. The van der Waals surface area contributed by atoms with E-state index in [0.717, 1.165) is 28.4 Å². The van der Waals surface area contributed by atoms with Crippen LogP contribution in [0.15, 0.2) is 40.2 Å². The van der Waals surface area contributed by atoms with Crippen molar-refractivity contribution in [2.24, 2.45) is 5.92 Å². The number of hydrogen-bond donors (Lipinski definition) is 1. The molecule has 0 spiro atoms. The standard InChI is InChI=1S/C22H25ClFN5O4S/c23-21-19(26-11-16-2-1-9-33-14-16)12-27-29(22(21)30)20-7-8-28(13-18(20)24)34(31,32)17-5-3-15(10-25)4-6-17/h3-6,12,16,18,20,26H,1-2,7-9,11,13-14H2/t16-,18+,20-/m0/s1. The highest BCUT2D eigenvalue weighted by atomic mass is 35.5. The zero-order valence-corrected chi connectivity index (χ0v) is 19.9. The molecular formula is C22H25ClFN5O4S. The summed E-state index contributed by atoms with van der Waals surface area (Å²) in [6, 6.07) is 6.44. The first kappa shape index (κ1) is 24.6. The largest absolute Gasteiger partial charge is 0.382 e. The first-order chi connectivity index (χ1) is 16.3. The SMILES string of the molecule is N#Cc1ccc(S(=O)(=O)N2CC[C@H](n3ncc(NC[C@@H]4CCCOC4)c(Cl)c3=O)[C@H](F)C2)cc1. The van der Waals surface area contributed by atoms with Crippen LogP contribution in [0.1, 0.15) is 30.9 Å². The van der Waals surface area contributed by atoms with E-state index in [4.69, 9.17) is 21.6 Å². The van der Waals surface area contributed by atoms with Crippen LogP contribution in [0.3, 0.4) is 0 Å². The molecule has 2 aliphatic heterocycles. The van der Waals surface area contributed by atoms with Crippen LogP contribution in [-0.4, -0.2) is 61.5 Å². The highest BCUT2D eigenvalue weighted by molar-refractivity contribution is 7.89. The van der Waals surface area contributed by atoms with Gasteiger partial charge in [0.05, 0.1) is 41.1 Å². The molecule has 0 amide bonds. The van der Waals surface area contributed by atoms with Crippen molar-refractivity contribution in [2.45, 2.75) is 36.4 Å². The maximum Gasteiger partial charge on any atom is 0.288 e. The molecule has 12 heteroatoms. The molecule has 2 fully saturated rings. The number of benzene rings is 1. The monoisotopic (exact) mass is 509 g/mol. The van der Waals surface area contributed by atoms with Crippen LogP contribution in [0.4, 0.5) is 10.1 Å². The lowest BCUT2D eigenvalue weighted by Crippen LogP contribution is -2.47. The number of rotatable bonds is 6. The summed E-state index contributed by atoms with van der Waals surface area (Å²) in [6.45, 7) is 1.58. The molecule has 1 aromatic carbocycles. The van der Waals surface area contributed by atoms with Crippen LogP contribution in [-0.2, 0) is 14.8 Å². The molecule has 9 nitrogen and oxygen atoms in total. The second-order valence-corrected chi connectivity index (χ2v) is 10.8. The first-order valence-electron chi connectivity index (χ1n) is 11.0. The van der Waals surface area contributed by atoms with E-state index in [-0.39, 0.29) is 22.9 Å². The number of ether oxygens (including phenoxy) is 1. The predicted molar refractivity (Wildman–Crippen MR) is 124 cm³/mol. The number of alkyl halides is 1. The van der Waals surface area contributed by atoms with Crippen LogP contribution < -0.4 is 10.9 Å². The summed E-state index contributed by atoms with van der Waals surface area (Å²) >= 11 is 6.27. The van der Waals surface area contributed by atoms with Gasteiger partial charge in [-0.25, -0.2) is 17.5 Å². The van der Waals surface area contributed by atoms with Crippen LogP contribution >= 0.6 is 11.6 Å². The van der Waals surface area contributed by atoms with Crippen LogP contribution in [0.2, 0.25) is 5.02 Å². The minimum atomic E-state index is -3.94. The maximum atomic E-state index is 15.1. The molecule has 0 aliphatic carbocycles. The number of halogens is 2. The number of nitriles is 1. The summed E-state index contributed by atoms with van der Waals surface area (Å²) in [6.07, 6.45) is 1.81. The lowest BCUT2D eigenvalue weighted by Gasteiger charge is -2.34. The summed E-state index contributed by atoms with van der Waals surface area (Å²) < 4.78 is 48.4. The molecule has 2 saturated heterocycles. The van der Waals surface area contributed by atoms with Crippen LogP contribution in [0.25, 0.3) is 0 Å². The molecule has 2 aliphatic rings. The van der Waals surface area contributed by atoms with Gasteiger partial charge >= 0.3 is 0 Å². The Balaban J connectivity index is 1.45. The van der Waals surface area contributed by atoms with Gasteiger partial charge in [0.25, 0.3) is 5.56 Å². The van der Waals surface area contributed by atoms with Crippen LogP contribution in [0, 0.1) is 17.2 Å². The Morgan fingerprint density at radius 1 is 1.29 bits per heavy atom. The molecule has 2 aromatic rings. The summed E-state index contributed by atoms with van der Waals surface area (Å²) in [4.78, 5) is 12.8. The first-order valence-corrected chi connectivity index (χ1v) is 12.9. The Labute approximate surface area is 202 Å². The third-order valence-corrected chi connectivity index (χ3v) is 8.43. The normalized spacial score (nSPS) is 23.9. The average Bonchev–Trinajstić information content (AvgIpc) is 2.86. The van der Waals surface area contributed by atoms with Crippen molar-refractivity contribution in [1.82, 2.24) is 14.1 Å². The average molecular weight is 510 g/mol. The van der Waals surface area contributed by atoms with Gasteiger partial charge in [-0.15, -0.1) is 0 Å². The van der Waals surface area contributed by atoms with E-state index in [2.05, 4.69) is 10.4 Å². The second-order valence-electron chi connectivity index (χ2n) is 8.46. The maximum absolute atomic E-state index is 15.1. The van der Waals surface area contributed by atoms with E-state index >= 15 is 4.39 Å². The van der Waals surface area contributed by atoms with E-state index in [1.54, 1.807) is 0 Å². The van der Waals surface area contributed by atoms with Gasteiger partial charge in [-0.3, -0.25) is 4.79 Å². The number of piperidine rings is 1. The van der Waals surface area contributed by atoms with Gasteiger partial charge in [0.1, 0.15) is 11.2 Å². The molecule has 34 heavy (non-hydrogen) atoms. The zero-order valence-electron chi connectivity index (χ0n) is 18.4. The van der Waals surface area contributed by atoms with Crippen molar-refractivity contribution in [3.8, 4) is 6.07 Å². The summed E-state index contributed by atoms with van der Waals surface area (Å²) in [5, 5.41) is 16.1. The zero-order chi connectivity index (χ0) is 24.3. The highest BCUT2D eigenvalue weighted by Gasteiger charge is 2.38. The fraction of sp³-hybridized carbons (Fsp3) is 0.500. The molecular weight excluding hydrogens is 485 g/mol. The lowest BCUT2D eigenvalue weighted by molar-refractivity contribution is 0.0595. The van der Waals surface area contributed by atoms with Crippen LogP contribution in [0.5, 0.6) is 0 Å². The van der Waals surface area contributed by atoms with E-state index in [1.807, 2.05) is 6.07 Å². The van der Waals surface area contributed by atoms with Gasteiger partial charge in [-0.2, -0.15) is 14.7 Å². The minimum absolute atomic E-state index is 0.0147. The fourth-order valence-electron chi connectivity index (χ4n) is 4.24. The number of nitrogens with zero attached hydrogens (tertiary/aromatic N) is 4. The quantitative estimate of drug-likeness (QED) is 0.636. The molecule has 0 saturated carbocycles. The highest BCUT2D eigenvalue weighted by Crippen LogP contribution is 2.29. The fourth-order valence-corrected chi connectivity index (χ4v) is 5.90. The molecule has 0 radical (unpaired) electrons. The van der Waals surface area contributed by atoms with E-state index < -0.39 is 34.3 Å². The molecule has 1 N–H and O–H groups in total. The number of sulfonamides is 1. The summed E-state index contributed by atoms with van der Waals surface area (Å²) in [7, 11) is -3.94. The Hall–Kier alpha value is -2.52. The van der Waals surface area contributed by atoms with Crippen molar-refractivity contribution < 1.29 is 17.5 Å². The predicted octanol–water partition coefficient (Wildman–Crippen LogP) is 2.58. The minimum Gasteiger partial charge on any atom is -0.382 e. The van der Waals surface area contributed by atoms with E-state index in [0.29, 0.717) is 30.3 Å². The molecule has 0 unspecified atom stereocenters. The molecule has 4 rings (SSSR count). The molecule has 0 bridgehead atoms. The number of nitrogens with one attached hydrogen (secondary N) is 1. The molecule has 3 heterocycles. The van der Waals surface area contributed by atoms with Crippen molar-refractivity contribution in [2.75, 3.05) is 38.2 Å². The molecule has 1 aromatic heterocycles. The van der Waals surface area contributed by atoms with Gasteiger partial charge in [0.15, 0.2) is 0 Å². The van der Waals surface area contributed by atoms with Gasteiger partial charge in [-0.1, -0.05) is 11.6 Å². The summed E-state index contributed by atoms with van der Waals surface area (Å²) in [5.41, 5.74) is 0.0840. The Kier molecular flexibility index (Phi) is 7.52. The van der Waals surface area contributed by atoms with Gasteiger partial charge < -0.3 is 10.1 Å². The van der Waals surface area contributed by atoms with Gasteiger partial charge in [0.2, 0.25) is 10.0 Å². The van der Waals surface area contributed by atoms with Crippen molar-refractivity contribution in [3.63, 3.8) is 0 Å². The van der Waals surface area contributed by atoms with E-state index in [1.165, 1.54) is 30.5 Å². The molecule has 182 valence electrons. The van der Waals surface area contributed by atoms with Gasteiger partial charge in [0, 0.05) is 26.2 Å². The van der Waals surface area contributed by atoms with Crippen molar-refractivity contribution in [3.05, 3.63) is 51.4 Å². The molecule has 3 atom stereocenters. The third kappa shape index (κ3) is 5.10. The summed E-state index contributed by atoms with van der Waals surface area (Å²) in [5.74, 6) is 0.310. The number of aromatic nitrogens is 2. The van der Waals surface area contributed by atoms with E-state index in [9.17, 15) is 13.2 Å². The van der Waals surface area contributed by atoms with Gasteiger partial charge in [-0.05, 0) is 49.4 Å². The Bertz CT molecular complexity index is 1230. The topological polar surface area (TPSA) is 117 Å². The second kappa shape index (κ2) is 10.4. The number of anilines is 1. The van der Waals surface area contributed by atoms with Crippen molar-refractivity contribution >= 4 is 27.3 Å². The lowest BCUT2D eigenvalue weighted by atomic mass is 10.0. The van der Waals surface area contributed by atoms with Crippen molar-refractivity contribution in [1.29, 1.82) is 5.26 Å².